The lowest BCUT2D eigenvalue weighted by Gasteiger charge is -2.25. The van der Waals surface area contributed by atoms with E-state index in [0.29, 0.717) is 11.5 Å². The molecule has 0 bridgehead atoms. The van der Waals surface area contributed by atoms with Crippen molar-refractivity contribution in [1.82, 2.24) is 4.90 Å². The zero-order valence-corrected chi connectivity index (χ0v) is 15.6. The van der Waals surface area contributed by atoms with E-state index < -0.39 is 29.3 Å². The summed E-state index contributed by atoms with van der Waals surface area (Å²) in [6.45, 7) is 0.274. The van der Waals surface area contributed by atoms with Crippen molar-refractivity contribution in [1.29, 1.82) is 0 Å². The number of fused-ring (bicyclic) bond motifs is 1. The maximum atomic E-state index is 14.6. The first kappa shape index (κ1) is 18.9. The number of likely N-dealkylation sites (tertiary alicyclic amines) is 1. The fourth-order valence-electron chi connectivity index (χ4n) is 3.52. The van der Waals surface area contributed by atoms with Crippen LogP contribution in [0.1, 0.15) is 17.2 Å². The Hall–Kier alpha value is -3.39. The van der Waals surface area contributed by atoms with Crippen LogP contribution in [-0.2, 0) is 14.3 Å². The van der Waals surface area contributed by atoms with Crippen molar-refractivity contribution in [2.75, 3.05) is 27.1 Å². The van der Waals surface area contributed by atoms with Crippen molar-refractivity contribution in [3.05, 3.63) is 65.0 Å². The Balaban J connectivity index is 1.86. The number of Topliss-reactive ketones (excluding diaryl/α,β-unsaturated/α-hetero) is 1. The summed E-state index contributed by atoms with van der Waals surface area (Å²) >= 11 is 0. The number of amides is 1. The van der Waals surface area contributed by atoms with Crippen LogP contribution >= 0.6 is 0 Å². The van der Waals surface area contributed by atoms with Gasteiger partial charge in [-0.05, 0) is 24.3 Å². The molecule has 1 amide bonds. The molecule has 7 nitrogen and oxygen atoms in total. The quantitative estimate of drug-likeness (QED) is 0.473. The van der Waals surface area contributed by atoms with E-state index in [0.717, 1.165) is 0 Å². The van der Waals surface area contributed by atoms with Crippen molar-refractivity contribution >= 4 is 17.4 Å². The van der Waals surface area contributed by atoms with Crippen LogP contribution in [0.15, 0.2) is 48.0 Å². The zero-order chi connectivity index (χ0) is 20.5. The Morgan fingerprint density at radius 3 is 2.72 bits per heavy atom. The molecular formula is C21H18FNO6. The molecule has 0 aliphatic carbocycles. The molecule has 150 valence electrons. The Labute approximate surface area is 165 Å². The molecule has 2 aromatic carbocycles. The predicted octanol–water partition coefficient (Wildman–Crippen LogP) is 2.62. The molecule has 1 N–H and O–H groups in total. The lowest BCUT2D eigenvalue weighted by molar-refractivity contribution is -0.140. The summed E-state index contributed by atoms with van der Waals surface area (Å²) in [5.74, 6) is -1.78. The highest BCUT2D eigenvalue weighted by Crippen LogP contribution is 2.41. The Morgan fingerprint density at radius 2 is 1.97 bits per heavy atom. The third kappa shape index (κ3) is 3.21. The van der Waals surface area contributed by atoms with Crippen molar-refractivity contribution in [3.63, 3.8) is 0 Å². The van der Waals surface area contributed by atoms with Crippen molar-refractivity contribution < 1.29 is 33.3 Å². The second-order valence-corrected chi connectivity index (χ2v) is 6.57. The SMILES string of the molecule is COCCN1C(=O)C(=O)/C(=C(/O)c2ccc3c(c2)OCO3)C1c1ccccc1F. The molecule has 2 aliphatic heterocycles. The normalized spacial score (nSPS) is 19.8. The molecule has 8 heteroatoms. The molecule has 0 saturated carbocycles. The molecule has 1 fully saturated rings. The van der Waals surface area contributed by atoms with Gasteiger partial charge in [-0.3, -0.25) is 9.59 Å². The van der Waals surface area contributed by atoms with Gasteiger partial charge < -0.3 is 24.2 Å². The van der Waals surface area contributed by atoms with Crippen LogP contribution < -0.4 is 9.47 Å². The Bertz CT molecular complexity index is 1020. The number of carbonyl (C=O) groups excluding carboxylic acids is 2. The predicted molar refractivity (Wildman–Crippen MR) is 99.9 cm³/mol. The molecule has 29 heavy (non-hydrogen) atoms. The molecule has 2 aliphatic rings. The maximum absolute atomic E-state index is 14.6. The maximum Gasteiger partial charge on any atom is 0.295 e. The van der Waals surface area contributed by atoms with E-state index in [4.69, 9.17) is 14.2 Å². The van der Waals surface area contributed by atoms with Crippen molar-refractivity contribution in [2.45, 2.75) is 6.04 Å². The van der Waals surface area contributed by atoms with Gasteiger partial charge in [-0.2, -0.15) is 0 Å². The van der Waals surface area contributed by atoms with Crippen LogP contribution in [0.3, 0.4) is 0 Å². The minimum atomic E-state index is -1.07. The lowest BCUT2D eigenvalue weighted by atomic mass is 9.95. The number of nitrogens with zero attached hydrogens (tertiary/aromatic N) is 1. The molecule has 2 aromatic rings. The van der Waals surface area contributed by atoms with Gasteiger partial charge in [0.1, 0.15) is 11.6 Å². The largest absolute Gasteiger partial charge is 0.507 e. The van der Waals surface area contributed by atoms with Crippen LogP contribution in [0.4, 0.5) is 4.39 Å². The van der Waals surface area contributed by atoms with Crippen LogP contribution in [0.2, 0.25) is 0 Å². The van der Waals surface area contributed by atoms with Crippen LogP contribution in [0, 0.1) is 5.82 Å². The summed E-state index contributed by atoms with van der Waals surface area (Å²) in [5, 5.41) is 10.9. The van der Waals surface area contributed by atoms with Gasteiger partial charge in [0.05, 0.1) is 18.2 Å². The minimum Gasteiger partial charge on any atom is -0.507 e. The number of ether oxygens (including phenoxy) is 3. The monoisotopic (exact) mass is 399 g/mol. The first-order valence-electron chi connectivity index (χ1n) is 8.94. The molecule has 0 aromatic heterocycles. The van der Waals surface area contributed by atoms with E-state index in [2.05, 4.69) is 0 Å². The molecule has 1 atom stereocenters. The molecule has 1 saturated heterocycles. The van der Waals surface area contributed by atoms with E-state index >= 15 is 0 Å². The zero-order valence-electron chi connectivity index (χ0n) is 15.6. The number of carbonyl (C=O) groups is 2. The van der Waals surface area contributed by atoms with Gasteiger partial charge in [-0.1, -0.05) is 18.2 Å². The van der Waals surface area contributed by atoms with Crippen molar-refractivity contribution in [2.24, 2.45) is 0 Å². The summed E-state index contributed by atoms with van der Waals surface area (Å²) in [5.41, 5.74) is 0.195. The average molecular weight is 399 g/mol. The lowest BCUT2D eigenvalue weighted by Crippen LogP contribution is -2.33. The highest BCUT2D eigenvalue weighted by Gasteiger charge is 2.46. The molecule has 0 radical (unpaired) electrons. The van der Waals surface area contributed by atoms with Gasteiger partial charge >= 0.3 is 0 Å². The molecule has 4 rings (SSSR count). The van der Waals surface area contributed by atoms with Gasteiger partial charge in [-0.15, -0.1) is 0 Å². The number of methoxy groups -OCH3 is 1. The van der Waals surface area contributed by atoms with Gasteiger partial charge in [0.2, 0.25) is 6.79 Å². The minimum absolute atomic E-state index is 0.0518. The number of hydrogen-bond acceptors (Lipinski definition) is 6. The summed E-state index contributed by atoms with van der Waals surface area (Å²) in [6, 6.07) is 9.42. The second kappa shape index (κ2) is 7.56. The molecule has 0 spiro atoms. The van der Waals surface area contributed by atoms with E-state index in [1.54, 1.807) is 18.2 Å². The van der Waals surface area contributed by atoms with Gasteiger partial charge in [-0.25, -0.2) is 4.39 Å². The third-order valence-electron chi connectivity index (χ3n) is 4.92. The van der Waals surface area contributed by atoms with E-state index in [1.807, 2.05) is 0 Å². The number of benzene rings is 2. The van der Waals surface area contributed by atoms with Gasteiger partial charge in [0.25, 0.3) is 11.7 Å². The van der Waals surface area contributed by atoms with Crippen molar-refractivity contribution in [3.8, 4) is 11.5 Å². The van der Waals surface area contributed by atoms with Gasteiger partial charge in [0, 0.05) is 24.8 Å². The van der Waals surface area contributed by atoms with Crippen LogP contribution in [0.5, 0.6) is 11.5 Å². The van der Waals surface area contributed by atoms with Crippen LogP contribution in [-0.4, -0.2) is 48.8 Å². The average Bonchev–Trinajstić information content (AvgIpc) is 3.29. The number of ketones is 1. The topological polar surface area (TPSA) is 85.3 Å². The standard InChI is InChI=1S/C21H18FNO6/c1-27-9-8-23-18(13-4-2-3-5-14(13)22)17(20(25)21(23)26)19(24)12-6-7-15-16(10-12)29-11-28-15/h2-7,10,18,24H,8-9,11H2,1H3/b19-17+. The second-order valence-electron chi connectivity index (χ2n) is 6.57. The molecular weight excluding hydrogens is 381 g/mol. The number of halogens is 1. The third-order valence-corrected chi connectivity index (χ3v) is 4.92. The highest BCUT2D eigenvalue weighted by molar-refractivity contribution is 6.46. The van der Waals surface area contributed by atoms with Gasteiger partial charge in [0.15, 0.2) is 11.5 Å². The number of rotatable bonds is 5. The first-order chi connectivity index (χ1) is 14.0. The highest BCUT2D eigenvalue weighted by atomic mass is 19.1. The van der Waals surface area contributed by atoms with Crippen LogP contribution in [0.25, 0.3) is 5.76 Å². The van der Waals surface area contributed by atoms with E-state index in [-0.39, 0.29) is 36.6 Å². The molecule has 1 unspecified atom stereocenters. The summed E-state index contributed by atoms with van der Waals surface area (Å²) in [6.07, 6.45) is 0. The number of aliphatic hydroxyl groups excluding tert-OH is 1. The first-order valence-corrected chi connectivity index (χ1v) is 8.94. The molecule has 2 heterocycles. The smallest absolute Gasteiger partial charge is 0.295 e. The summed E-state index contributed by atoms with van der Waals surface area (Å²) < 4.78 is 30.2. The number of hydrogen-bond donors (Lipinski definition) is 1. The Kier molecular flexibility index (Phi) is 4.94. The fourth-order valence-corrected chi connectivity index (χ4v) is 3.52. The van der Waals surface area contributed by atoms with E-state index in [1.165, 1.54) is 36.3 Å². The summed E-state index contributed by atoms with van der Waals surface area (Å²) in [7, 11) is 1.46. The fraction of sp³-hybridized carbons (Fsp3) is 0.238. The Morgan fingerprint density at radius 1 is 1.21 bits per heavy atom. The summed E-state index contributed by atoms with van der Waals surface area (Å²) in [4.78, 5) is 26.7. The van der Waals surface area contributed by atoms with E-state index in [9.17, 15) is 19.1 Å². The number of aliphatic hydroxyl groups is 1.